The molecule has 8 unspecified atom stereocenters. The first-order chi connectivity index (χ1) is 26.8. The van der Waals surface area contributed by atoms with Crippen LogP contribution in [0.4, 0.5) is 0 Å². The Hall–Kier alpha value is -1.48. The highest BCUT2D eigenvalue weighted by atomic mass is 31.2. The molecule has 1 rings (SSSR count). The van der Waals surface area contributed by atoms with Gasteiger partial charge in [0, 0.05) is 0 Å². The number of carbonyl (C=O) groups excluding carboxylic acids is 1. The number of carbonyl (C=O) groups is 1. The van der Waals surface area contributed by atoms with E-state index < -0.39 is 75.2 Å². The lowest BCUT2D eigenvalue weighted by molar-refractivity contribution is -0.220. The number of allylic oxidation sites excluding steroid dienone is 5. The normalized spacial score (nSPS) is 24.5. The molecule has 0 aromatic heterocycles. The van der Waals surface area contributed by atoms with E-state index in [2.05, 4.69) is 43.5 Å². The topological polar surface area (TPSA) is 226 Å². The lowest BCUT2D eigenvalue weighted by Gasteiger charge is -2.41. The standard InChI is InChI=1S/C42H78NO12P/c1-3-5-7-9-11-13-14-15-16-17-18-19-20-21-22-24-26-28-30-35(45)34(43-36(46)31-33(44)29-27-25-23-12-10-8-6-4-2)32-54-56(52,53)55-42-40(50)38(48)37(47)39(49)41(42)51/h17-18,21-22,28,30,33-35,37-42,44-45,47-51H,3-16,19-20,23-27,29,31-32H2,1-2H3,(H,43,46)(H,52,53)/b18-17+,22-21+,30-28+. The molecule has 8 atom stereocenters. The van der Waals surface area contributed by atoms with Gasteiger partial charge in [-0.15, -0.1) is 0 Å². The third kappa shape index (κ3) is 24.4. The van der Waals surface area contributed by atoms with Gasteiger partial charge in [-0.05, 0) is 44.9 Å². The third-order valence-corrected chi connectivity index (χ3v) is 11.2. The average molecular weight is 820 g/mol. The minimum absolute atomic E-state index is 0.255. The predicted molar refractivity (Wildman–Crippen MR) is 220 cm³/mol. The fraction of sp³-hybridized carbons (Fsp3) is 0.833. The van der Waals surface area contributed by atoms with Gasteiger partial charge < -0.3 is 46.0 Å². The van der Waals surface area contributed by atoms with E-state index in [1.165, 1.54) is 83.1 Å². The van der Waals surface area contributed by atoms with Gasteiger partial charge in [0.05, 0.1) is 31.3 Å². The number of unbranched alkanes of at least 4 members (excludes halogenated alkanes) is 17. The molecular weight excluding hydrogens is 741 g/mol. The minimum atomic E-state index is -5.14. The summed E-state index contributed by atoms with van der Waals surface area (Å²) in [5.74, 6) is -0.611. The lowest BCUT2D eigenvalue weighted by atomic mass is 9.85. The zero-order chi connectivity index (χ0) is 41.6. The van der Waals surface area contributed by atoms with E-state index in [4.69, 9.17) is 9.05 Å². The lowest BCUT2D eigenvalue weighted by Crippen LogP contribution is -2.64. The highest BCUT2D eigenvalue weighted by Crippen LogP contribution is 2.47. The molecule has 1 aliphatic rings. The number of phosphoric acid groups is 1. The number of phosphoric ester groups is 1. The molecule has 0 saturated heterocycles. The summed E-state index contributed by atoms with van der Waals surface area (Å²) in [6.45, 7) is 3.66. The number of amides is 1. The molecule has 0 aliphatic heterocycles. The van der Waals surface area contributed by atoms with Gasteiger partial charge in [0.25, 0.3) is 0 Å². The second-order valence-corrected chi connectivity index (χ2v) is 16.8. The molecule has 9 N–H and O–H groups in total. The van der Waals surface area contributed by atoms with Gasteiger partial charge in [-0.2, -0.15) is 0 Å². The Labute approximate surface area is 336 Å². The molecule has 0 aromatic rings. The van der Waals surface area contributed by atoms with Gasteiger partial charge >= 0.3 is 7.82 Å². The van der Waals surface area contributed by atoms with Gasteiger partial charge in [-0.1, -0.05) is 147 Å². The Bertz CT molecular complexity index is 1110. The van der Waals surface area contributed by atoms with Crippen LogP contribution in [0.1, 0.15) is 162 Å². The van der Waals surface area contributed by atoms with E-state index in [0.717, 1.165) is 44.9 Å². The van der Waals surface area contributed by atoms with Crippen molar-refractivity contribution in [1.82, 2.24) is 5.32 Å². The van der Waals surface area contributed by atoms with Crippen LogP contribution in [0.15, 0.2) is 36.5 Å². The summed E-state index contributed by atoms with van der Waals surface area (Å²) in [6.07, 6.45) is 21.2. The molecule has 56 heavy (non-hydrogen) atoms. The summed E-state index contributed by atoms with van der Waals surface area (Å²) < 4.78 is 22.8. The largest absolute Gasteiger partial charge is 0.472 e. The molecule has 328 valence electrons. The van der Waals surface area contributed by atoms with Gasteiger partial charge in [-0.25, -0.2) is 4.57 Å². The van der Waals surface area contributed by atoms with Crippen molar-refractivity contribution in [2.45, 2.75) is 216 Å². The molecule has 1 amide bonds. The predicted octanol–water partition coefficient (Wildman–Crippen LogP) is 6.19. The summed E-state index contributed by atoms with van der Waals surface area (Å²) in [7, 11) is -5.14. The zero-order valence-corrected chi connectivity index (χ0v) is 35.2. The van der Waals surface area contributed by atoms with Crippen LogP contribution in [0.5, 0.6) is 0 Å². The smallest absolute Gasteiger partial charge is 0.393 e. The number of aliphatic hydroxyl groups excluding tert-OH is 7. The number of hydrogen-bond acceptors (Lipinski definition) is 11. The Morgan fingerprint density at radius 2 is 1.05 bits per heavy atom. The number of nitrogens with one attached hydrogen (secondary N) is 1. The van der Waals surface area contributed by atoms with Crippen molar-refractivity contribution < 1.29 is 59.0 Å². The molecule has 13 nitrogen and oxygen atoms in total. The Morgan fingerprint density at radius 3 is 1.57 bits per heavy atom. The van der Waals surface area contributed by atoms with Crippen LogP contribution in [0, 0.1) is 0 Å². The van der Waals surface area contributed by atoms with Crippen LogP contribution in [-0.2, 0) is 18.4 Å². The van der Waals surface area contributed by atoms with Gasteiger partial charge in [0.2, 0.25) is 5.91 Å². The quantitative estimate of drug-likeness (QED) is 0.0201. The van der Waals surface area contributed by atoms with Crippen molar-refractivity contribution in [2.24, 2.45) is 0 Å². The summed E-state index contributed by atoms with van der Waals surface area (Å²) in [5.41, 5.74) is 0. The fourth-order valence-electron chi connectivity index (χ4n) is 6.62. The molecule has 0 bridgehead atoms. The molecule has 0 spiro atoms. The maximum Gasteiger partial charge on any atom is 0.472 e. The number of hydrogen-bond donors (Lipinski definition) is 9. The van der Waals surface area contributed by atoms with Crippen LogP contribution in [0.25, 0.3) is 0 Å². The highest BCUT2D eigenvalue weighted by molar-refractivity contribution is 7.47. The Morgan fingerprint density at radius 1 is 0.625 bits per heavy atom. The zero-order valence-electron chi connectivity index (χ0n) is 34.3. The monoisotopic (exact) mass is 820 g/mol. The maximum absolute atomic E-state index is 12.9. The molecule has 1 fully saturated rings. The Balaban J connectivity index is 2.63. The van der Waals surface area contributed by atoms with E-state index in [0.29, 0.717) is 19.3 Å². The van der Waals surface area contributed by atoms with E-state index in [1.54, 1.807) is 6.08 Å². The molecule has 14 heteroatoms. The van der Waals surface area contributed by atoms with Gasteiger partial charge in [-0.3, -0.25) is 13.8 Å². The average Bonchev–Trinajstić information content (AvgIpc) is 3.17. The highest BCUT2D eigenvalue weighted by Gasteiger charge is 2.51. The first-order valence-corrected chi connectivity index (χ1v) is 23.0. The molecule has 0 heterocycles. The maximum atomic E-state index is 12.9. The Kier molecular flexibility index (Phi) is 30.4. The van der Waals surface area contributed by atoms with E-state index >= 15 is 0 Å². The van der Waals surface area contributed by atoms with E-state index in [-0.39, 0.29) is 6.42 Å². The number of rotatable bonds is 34. The van der Waals surface area contributed by atoms with Crippen LogP contribution >= 0.6 is 7.82 Å². The first kappa shape index (κ1) is 52.5. The first-order valence-electron chi connectivity index (χ1n) is 21.5. The second-order valence-electron chi connectivity index (χ2n) is 15.4. The second kappa shape index (κ2) is 32.4. The number of aliphatic hydroxyl groups is 7. The third-order valence-electron chi connectivity index (χ3n) is 10.2. The minimum Gasteiger partial charge on any atom is -0.393 e. The summed E-state index contributed by atoms with van der Waals surface area (Å²) in [6, 6.07) is -1.26. The van der Waals surface area contributed by atoms with Gasteiger partial charge in [0.1, 0.15) is 36.6 Å². The summed E-state index contributed by atoms with van der Waals surface area (Å²) in [4.78, 5) is 23.3. The van der Waals surface area contributed by atoms with Crippen molar-refractivity contribution in [2.75, 3.05) is 6.61 Å². The SMILES string of the molecule is CCCCCCCCCC/C=C/CC/C=C/CC/C=C/C(O)C(COP(=O)(O)OC1C(O)C(O)C(O)C(O)C1O)NC(=O)CC(O)CCCCCCCCCC. The van der Waals surface area contributed by atoms with Gasteiger partial charge in [0.15, 0.2) is 0 Å². The van der Waals surface area contributed by atoms with Crippen molar-refractivity contribution in [1.29, 1.82) is 0 Å². The molecule has 1 saturated carbocycles. The van der Waals surface area contributed by atoms with Crippen molar-refractivity contribution in [3.8, 4) is 0 Å². The van der Waals surface area contributed by atoms with E-state index in [1.807, 2.05) is 0 Å². The summed E-state index contributed by atoms with van der Waals surface area (Å²) in [5, 5.41) is 74.1. The van der Waals surface area contributed by atoms with Crippen LogP contribution in [0.2, 0.25) is 0 Å². The summed E-state index contributed by atoms with van der Waals surface area (Å²) >= 11 is 0. The van der Waals surface area contributed by atoms with Crippen LogP contribution < -0.4 is 5.32 Å². The van der Waals surface area contributed by atoms with E-state index in [9.17, 15) is 50.0 Å². The van der Waals surface area contributed by atoms with Crippen molar-refractivity contribution >= 4 is 13.7 Å². The molecule has 1 aliphatic carbocycles. The molecule has 0 aromatic carbocycles. The van der Waals surface area contributed by atoms with Crippen LogP contribution in [-0.4, -0.2) is 108 Å². The van der Waals surface area contributed by atoms with Crippen molar-refractivity contribution in [3.63, 3.8) is 0 Å². The fourth-order valence-corrected chi connectivity index (χ4v) is 7.59. The molecule has 0 radical (unpaired) electrons. The van der Waals surface area contributed by atoms with Crippen LogP contribution in [0.3, 0.4) is 0 Å². The van der Waals surface area contributed by atoms with Crippen molar-refractivity contribution in [3.05, 3.63) is 36.5 Å². The molecular formula is C42H78NO12P.